The van der Waals surface area contributed by atoms with Crippen molar-refractivity contribution in [1.82, 2.24) is 0 Å². The van der Waals surface area contributed by atoms with Crippen molar-refractivity contribution in [2.24, 2.45) is 11.3 Å². The van der Waals surface area contributed by atoms with Crippen LogP contribution in [0.15, 0.2) is 34.1 Å². The normalized spacial score (nSPS) is 14.2. The summed E-state index contributed by atoms with van der Waals surface area (Å²) < 4.78 is 12.7. The van der Waals surface area contributed by atoms with E-state index in [-0.39, 0.29) is 11.3 Å². The molecule has 0 heterocycles. The van der Waals surface area contributed by atoms with Crippen LogP contribution < -0.4 is 4.74 Å². The predicted octanol–water partition coefficient (Wildman–Crippen LogP) is 5.66. The third-order valence-corrected chi connectivity index (χ3v) is 5.07. The molecule has 1 aromatic carbocycles. The maximum absolute atomic E-state index is 5.98. The minimum atomic E-state index is -1.06. The fraction of sp³-hybridized carbons (Fsp3) is 0.500. The van der Waals surface area contributed by atoms with Gasteiger partial charge in [0, 0.05) is 10.9 Å². The third kappa shape index (κ3) is 7.56. The van der Waals surface area contributed by atoms with Crippen molar-refractivity contribution < 1.29 is 9.16 Å². The Morgan fingerprint density at radius 1 is 1.38 bits per heavy atom. The summed E-state index contributed by atoms with van der Waals surface area (Å²) in [6, 6.07) is 7.52. The quantitative estimate of drug-likeness (QED) is 0.324. The zero-order chi connectivity index (χ0) is 16.0. The molecule has 1 atom stereocenters. The summed E-state index contributed by atoms with van der Waals surface area (Å²) in [5.74, 6) is 1.08. The van der Waals surface area contributed by atoms with Gasteiger partial charge >= 0.3 is 0 Å². The second-order valence-electron chi connectivity index (χ2n) is 6.38. The van der Waals surface area contributed by atoms with Crippen LogP contribution in [-0.4, -0.2) is 15.6 Å². The molecule has 21 heavy (non-hydrogen) atoms. The van der Waals surface area contributed by atoms with Gasteiger partial charge < -0.3 is 9.16 Å². The van der Waals surface area contributed by atoms with E-state index in [1.165, 1.54) is 0 Å². The van der Waals surface area contributed by atoms with Crippen LogP contribution in [0, 0.1) is 11.3 Å². The second kappa shape index (κ2) is 8.43. The maximum atomic E-state index is 5.98. The van der Waals surface area contributed by atoms with E-state index in [9.17, 15) is 0 Å². The van der Waals surface area contributed by atoms with Gasteiger partial charge in [-0.25, -0.2) is 0 Å². The first-order valence-electron chi connectivity index (χ1n) is 7.11. The summed E-state index contributed by atoms with van der Waals surface area (Å²) in [5, 5.41) is 0.694. The van der Waals surface area contributed by atoms with E-state index in [1.807, 2.05) is 24.3 Å². The fourth-order valence-corrected chi connectivity index (χ4v) is 4.38. The molecular weight excluding hydrogens is 415 g/mol. The average molecular weight is 439 g/mol. The van der Waals surface area contributed by atoms with E-state index in [0.29, 0.717) is 11.6 Å². The van der Waals surface area contributed by atoms with E-state index >= 15 is 0 Å². The van der Waals surface area contributed by atoms with Gasteiger partial charge in [-0.2, -0.15) is 0 Å². The summed E-state index contributed by atoms with van der Waals surface area (Å²) in [5.41, 5.74) is 0.108. The highest BCUT2D eigenvalue weighted by molar-refractivity contribution is 14.1. The van der Waals surface area contributed by atoms with E-state index in [2.05, 4.69) is 62.5 Å². The molecule has 2 nitrogen and oxygen atoms in total. The smallest absolute Gasteiger partial charge is 0.230 e. The Kier molecular flexibility index (Phi) is 7.57. The lowest BCUT2D eigenvalue weighted by molar-refractivity contribution is 0.181. The molecule has 0 N–H and O–H groups in total. The highest BCUT2D eigenvalue weighted by Crippen LogP contribution is 2.30. The molecule has 0 aromatic heterocycles. The van der Waals surface area contributed by atoms with Crippen LogP contribution in [0.5, 0.6) is 5.75 Å². The molecule has 0 radical (unpaired) electrons. The van der Waals surface area contributed by atoms with Crippen LogP contribution >= 0.6 is 34.2 Å². The first-order valence-corrected chi connectivity index (χ1v) is 11.3. The van der Waals surface area contributed by atoms with Gasteiger partial charge in [-0.15, -0.1) is 0 Å². The van der Waals surface area contributed by atoms with E-state index < -0.39 is 9.04 Å². The summed E-state index contributed by atoms with van der Waals surface area (Å²) in [6.45, 7) is 11.6. The topological polar surface area (TPSA) is 18.5 Å². The maximum Gasteiger partial charge on any atom is 0.230 e. The monoisotopic (exact) mass is 438 g/mol. The summed E-state index contributed by atoms with van der Waals surface area (Å²) in [7, 11) is -1.06. The van der Waals surface area contributed by atoms with Gasteiger partial charge in [0.25, 0.3) is 0 Å². The SMILES string of the molecule is C[SiH](C)OC(I)=CC(COc1cccc(Cl)c1)C(C)(C)C. The Morgan fingerprint density at radius 3 is 2.57 bits per heavy atom. The molecular formula is C16H24ClIO2Si. The molecule has 0 bridgehead atoms. The molecule has 0 amide bonds. The van der Waals surface area contributed by atoms with Crippen LogP contribution in [0.3, 0.4) is 0 Å². The van der Waals surface area contributed by atoms with Gasteiger partial charge in [0.1, 0.15) is 9.52 Å². The molecule has 5 heteroatoms. The molecule has 1 aromatic rings. The van der Waals surface area contributed by atoms with Gasteiger partial charge in [0.05, 0.1) is 6.61 Å². The van der Waals surface area contributed by atoms with Crippen LogP contribution in [0.2, 0.25) is 18.1 Å². The summed E-state index contributed by atoms with van der Waals surface area (Å²) in [6.07, 6.45) is 2.18. The lowest BCUT2D eigenvalue weighted by Gasteiger charge is -2.28. The molecule has 0 aliphatic carbocycles. The van der Waals surface area contributed by atoms with Crippen LogP contribution in [0.25, 0.3) is 0 Å². The first-order chi connectivity index (χ1) is 9.68. The molecule has 0 aliphatic rings. The van der Waals surface area contributed by atoms with Crippen molar-refractivity contribution in [1.29, 1.82) is 0 Å². The first kappa shape index (κ1) is 18.8. The zero-order valence-corrected chi connectivity index (χ0v) is 17.4. The summed E-state index contributed by atoms with van der Waals surface area (Å²) >= 11 is 8.25. The van der Waals surface area contributed by atoms with Crippen molar-refractivity contribution in [3.8, 4) is 5.75 Å². The molecule has 0 fully saturated rings. The zero-order valence-electron chi connectivity index (χ0n) is 13.3. The molecule has 0 aliphatic heterocycles. The van der Waals surface area contributed by atoms with Crippen molar-refractivity contribution in [3.05, 3.63) is 39.1 Å². The minimum absolute atomic E-state index is 0.108. The van der Waals surface area contributed by atoms with E-state index in [0.717, 1.165) is 9.52 Å². The van der Waals surface area contributed by atoms with Crippen LogP contribution in [0.4, 0.5) is 0 Å². The Labute approximate surface area is 148 Å². The molecule has 0 saturated heterocycles. The average Bonchev–Trinajstić information content (AvgIpc) is 2.32. The standard InChI is InChI=1S/C16H24ClIO2Si/c1-16(2,3)12(9-15(18)20-21(4)5)11-19-14-8-6-7-13(17)10-14/h6-10,12,21H,11H2,1-5H3. The molecule has 1 rings (SSSR count). The van der Waals surface area contributed by atoms with Crippen LogP contribution in [-0.2, 0) is 4.43 Å². The lowest BCUT2D eigenvalue weighted by Crippen LogP contribution is -2.25. The Bertz CT molecular complexity index is 483. The third-order valence-electron chi connectivity index (χ3n) is 3.02. The Hall–Kier alpha value is -0.203. The van der Waals surface area contributed by atoms with E-state index in [1.54, 1.807) is 0 Å². The van der Waals surface area contributed by atoms with Gasteiger partial charge in [0.2, 0.25) is 9.04 Å². The minimum Gasteiger partial charge on any atom is -0.543 e. The number of ether oxygens (including phenoxy) is 1. The fourth-order valence-electron chi connectivity index (χ4n) is 1.71. The highest BCUT2D eigenvalue weighted by Gasteiger charge is 2.24. The van der Waals surface area contributed by atoms with E-state index in [4.69, 9.17) is 20.8 Å². The molecule has 1 unspecified atom stereocenters. The van der Waals surface area contributed by atoms with Gasteiger partial charge in [-0.05, 0) is 65.4 Å². The lowest BCUT2D eigenvalue weighted by atomic mass is 9.81. The van der Waals surface area contributed by atoms with Gasteiger partial charge in [-0.1, -0.05) is 38.4 Å². The number of benzene rings is 1. The van der Waals surface area contributed by atoms with Crippen molar-refractivity contribution in [2.75, 3.05) is 6.61 Å². The van der Waals surface area contributed by atoms with Crippen molar-refractivity contribution in [3.63, 3.8) is 0 Å². The molecule has 0 saturated carbocycles. The number of halogens is 2. The highest BCUT2D eigenvalue weighted by atomic mass is 127. The number of hydrogen-bond acceptors (Lipinski definition) is 2. The van der Waals surface area contributed by atoms with Crippen LogP contribution in [0.1, 0.15) is 20.8 Å². The second-order valence-corrected chi connectivity index (χ2v) is 10.2. The van der Waals surface area contributed by atoms with Crippen molar-refractivity contribution in [2.45, 2.75) is 33.9 Å². The van der Waals surface area contributed by atoms with Gasteiger partial charge in [-0.3, -0.25) is 0 Å². The summed E-state index contributed by atoms with van der Waals surface area (Å²) in [4.78, 5) is 0. The Balaban J connectivity index is 2.76. The van der Waals surface area contributed by atoms with Gasteiger partial charge in [0.15, 0.2) is 0 Å². The molecule has 0 spiro atoms. The predicted molar refractivity (Wildman–Crippen MR) is 102 cm³/mol. The number of rotatable bonds is 6. The largest absolute Gasteiger partial charge is 0.543 e. The molecule has 118 valence electrons. The Morgan fingerprint density at radius 2 is 2.05 bits per heavy atom. The number of hydrogen-bond donors (Lipinski definition) is 0. The van der Waals surface area contributed by atoms with Crippen molar-refractivity contribution >= 4 is 43.2 Å².